The molecule has 0 bridgehead atoms. The van der Waals surface area contributed by atoms with E-state index in [0.717, 1.165) is 0 Å². The Hall–Kier alpha value is -1.40. The van der Waals surface area contributed by atoms with Gasteiger partial charge in [-0.15, -0.1) is 0 Å². The van der Waals surface area contributed by atoms with Crippen LogP contribution >= 0.6 is 11.6 Å². The van der Waals surface area contributed by atoms with Crippen LogP contribution in [0.5, 0.6) is 0 Å². The first kappa shape index (κ1) is 9.60. The molecule has 4 heteroatoms. The maximum Gasteiger partial charge on any atom is 0.101 e. The molecule has 0 aromatic heterocycles. The molecule has 0 aliphatic rings. The lowest BCUT2D eigenvalue weighted by Crippen LogP contribution is -1.71. The summed E-state index contributed by atoms with van der Waals surface area (Å²) >= 11 is 5.60. The Morgan fingerprint density at radius 3 is 2.27 bits per heavy atom. The summed E-state index contributed by atoms with van der Waals surface area (Å²) in [4.78, 5) is 7.50. The van der Waals surface area contributed by atoms with E-state index in [1.54, 1.807) is 24.3 Å². The van der Waals surface area contributed by atoms with E-state index in [0.29, 0.717) is 10.6 Å². The lowest BCUT2D eigenvalue weighted by molar-refractivity contribution is 1.48. The van der Waals surface area contributed by atoms with Crippen LogP contribution in [0.3, 0.4) is 0 Å². The van der Waals surface area contributed by atoms with Crippen molar-refractivity contribution in [1.29, 1.82) is 10.9 Å². The third-order valence-corrected chi connectivity index (χ3v) is 1.32. The van der Waals surface area contributed by atoms with E-state index in [-0.39, 0.29) is 0 Å². The van der Waals surface area contributed by atoms with Gasteiger partial charge in [-0.3, -0.25) is 0 Å². The van der Waals surface area contributed by atoms with Gasteiger partial charge in [-0.25, -0.2) is 0 Å². The number of nitriles is 1. The molecule has 0 amide bonds. The maximum atomic E-state index is 8.38. The fourth-order valence-corrected chi connectivity index (χ4v) is 0.730. The highest BCUT2D eigenvalue weighted by molar-refractivity contribution is 6.31. The molecule has 0 radical (unpaired) electrons. The Balaban J connectivity index is 0.000000461. The van der Waals surface area contributed by atoms with E-state index >= 15 is 0 Å². The number of halogens is 1. The van der Waals surface area contributed by atoms with Gasteiger partial charge in [0.15, 0.2) is 0 Å². The normalized spacial score (nSPS) is 7.27. The lowest BCUT2D eigenvalue weighted by atomic mass is 10.2. The lowest BCUT2D eigenvalue weighted by Gasteiger charge is -1.88. The molecule has 1 aromatic carbocycles. The van der Waals surface area contributed by atoms with Gasteiger partial charge in [0.1, 0.15) is 6.07 Å². The molecule has 56 valence electrons. The fraction of sp³-hybridized carbons (Fsp3) is 0. The highest BCUT2D eigenvalue weighted by atomic mass is 35.5. The van der Waals surface area contributed by atoms with Crippen molar-refractivity contribution in [3.63, 3.8) is 0 Å². The smallest absolute Gasteiger partial charge is 0.101 e. The summed E-state index contributed by atoms with van der Waals surface area (Å²) in [7, 11) is 0. The summed E-state index contributed by atoms with van der Waals surface area (Å²) in [6, 6.07) is 8.92. The SMILES string of the molecule is N#Cc1ccccc1Cl.N=O. The van der Waals surface area contributed by atoms with Crippen molar-refractivity contribution in [2.45, 2.75) is 0 Å². The van der Waals surface area contributed by atoms with Gasteiger partial charge >= 0.3 is 0 Å². The van der Waals surface area contributed by atoms with Crippen LogP contribution in [0.25, 0.3) is 0 Å². The Bertz CT molecular complexity index is 269. The largest absolute Gasteiger partial charge is 0.192 e. The van der Waals surface area contributed by atoms with Crippen molar-refractivity contribution >= 4 is 11.6 Å². The fourth-order valence-electron chi connectivity index (χ4n) is 0.552. The number of hydrogen-bond donors (Lipinski definition) is 1. The zero-order valence-corrected chi connectivity index (χ0v) is 6.30. The molecular weight excluding hydrogens is 164 g/mol. The van der Waals surface area contributed by atoms with E-state index in [1.807, 2.05) is 6.07 Å². The molecule has 0 aliphatic heterocycles. The average molecular weight is 169 g/mol. The van der Waals surface area contributed by atoms with Crippen molar-refractivity contribution in [2.24, 2.45) is 0 Å². The van der Waals surface area contributed by atoms with Gasteiger partial charge in [0.2, 0.25) is 0 Å². The Morgan fingerprint density at radius 1 is 1.36 bits per heavy atom. The quantitative estimate of drug-likeness (QED) is 0.605. The summed E-state index contributed by atoms with van der Waals surface area (Å²) in [5.41, 5.74) is 5.03. The molecule has 0 saturated carbocycles. The second-order valence-corrected chi connectivity index (χ2v) is 2.00. The predicted octanol–water partition coefficient (Wildman–Crippen LogP) is 2.54. The van der Waals surface area contributed by atoms with E-state index in [2.05, 4.69) is 5.59 Å². The Morgan fingerprint density at radius 2 is 1.91 bits per heavy atom. The molecule has 1 aromatic rings. The summed E-state index contributed by atoms with van der Waals surface area (Å²) in [6.45, 7) is 0. The summed E-state index contributed by atoms with van der Waals surface area (Å²) in [5.74, 6) is 0. The van der Waals surface area contributed by atoms with E-state index in [1.165, 1.54) is 0 Å². The second-order valence-electron chi connectivity index (χ2n) is 1.59. The number of nitrogens with zero attached hydrogens (tertiary/aromatic N) is 1. The minimum absolute atomic E-state index is 0.514. The highest BCUT2D eigenvalue weighted by Gasteiger charge is 1.92. The first-order valence-electron chi connectivity index (χ1n) is 2.69. The monoisotopic (exact) mass is 168 g/mol. The van der Waals surface area contributed by atoms with Crippen LogP contribution in [0.4, 0.5) is 0 Å². The first-order chi connectivity index (χ1) is 5.34. The zero-order chi connectivity index (χ0) is 8.69. The standard InChI is InChI=1S/C7H4ClN.HNO/c8-7-4-2-1-3-6(7)5-9;1-2/h1-4H;1H. The molecule has 0 atom stereocenters. The molecule has 0 saturated heterocycles. The number of hydrogen-bond acceptors (Lipinski definition) is 3. The molecule has 0 spiro atoms. The van der Waals surface area contributed by atoms with E-state index in [9.17, 15) is 0 Å². The van der Waals surface area contributed by atoms with Crippen molar-refractivity contribution in [3.8, 4) is 6.07 Å². The molecule has 0 aliphatic carbocycles. The molecule has 0 unspecified atom stereocenters. The molecule has 1 N–H and O–H groups in total. The molecular formula is C7H5ClN2O. The Labute approximate surface area is 69.0 Å². The molecule has 0 fully saturated rings. The third kappa shape index (κ3) is 2.78. The number of nitrogens with one attached hydrogen (secondary N) is 1. The van der Waals surface area contributed by atoms with Crippen molar-refractivity contribution in [1.82, 2.24) is 0 Å². The van der Waals surface area contributed by atoms with Gasteiger partial charge in [-0.1, -0.05) is 29.3 Å². The van der Waals surface area contributed by atoms with Crippen molar-refractivity contribution in [2.75, 3.05) is 0 Å². The average Bonchev–Trinajstić information content (AvgIpc) is 2.09. The van der Waals surface area contributed by atoms with Gasteiger partial charge in [0, 0.05) is 0 Å². The highest BCUT2D eigenvalue weighted by Crippen LogP contribution is 2.12. The van der Waals surface area contributed by atoms with Gasteiger partial charge in [0.05, 0.1) is 10.6 Å². The van der Waals surface area contributed by atoms with Gasteiger partial charge < -0.3 is 0 Å². The first-order valence-corrected chi connectivity index (χ1v) is 3.07. The van der Waals surface area contributed by atoms with Gasteiger partial charge in [-0.2, -0.15) is 10.2 Å². The van der Waals surface area contributed by atoms with Crippen LogP contribution < -0.4 is 0 Å². The summed E-state index contributed by atoms with van der Waals surface area (Å²) in [6.07, 6.45) is 0. The number of nitroso groups, excluding NO2 is 1. The molecule has 11 heavy (non-hydrogen) atoms. The summed E-state index contributed by atoms with van der Waals surface area (Å²) in [5, 5.41) is 8.90. The van der Waals surface area contributed by atoms with Crippen molar-refractivity contribution < 1.29 is 0 Å². The molecule has 0 heterocycles. The minimum Gasteiger partial charge on any atom is -0.192 e. The van der Waals surface area contributed by atoms with Crippen LogP contribution in [0, 0.1) is 21.8 Å². The van der Waals surface area contributed by atoms with Crippen LogP contribution in [-0.2, 0) is 0 Å². The van der Waals surface area contributed by atoms with Crippen LogP contribution in [0.1, 0.15) is 5.56 Å². The van der Waals surface area contributed by atoms with Gasteiger partial charge in [-0.05, 0) is 12.1 Å². The van der Waals surface area contributed by atoms with Crippen LogP contribution in [0.2, 0.25) is 5.02 Å². The zero-order valence-electron chi connectivity index (χ0n) is 5.54. The number of benzene rings is 1. The van der Waals surface area contributed by atoms with Crippen LogP contribution in [0.15, 0.2) is 24.3 Å². The molecule has 3 nitrogen and oxygen atoms in total. The van der Waals surface area contributed by atoms with Crippen LogP contribution in [-0.4, -0.2) is 0 Å². The molecule has 1 rings (SSSR count). The Kier molecular flexibility index (Phi) is 4.70. The maximum absolute atomic E-state index is 8.38. The predicted molar refractivity (Wildman–Crippen MR) is 42.3 cm³/mol. The second kappa shape index (κ2) is 5.39. The summed E-state index contributed by atoms with van der Waals surface area (Å²) < 4.78 is 0. The van der Waals surface area contributed by atoms with Gasteiger partial charge in [0.25, 0.3) is 0 Å². The number of rotatable bonds is 0. The van der Waals surface area contributed by atoms with E-state index in [4.69, 9.17) is 21.8 Å². The third-order valence-electron chi connectivity index (χ3n) is 0.994. The topological polar surface area (TPSA) is 64.7 Å². The van der Waals surface area contributed by atoms with E-state index < -0.39 is 0 Å². The van der Waals surface area contributed by atoms with Crippen molar-refractivity contribution in [3.05, 3.63) is 39.8 Å². The minimum atomic E-state index is 0.514.